The van der Waals surface area contributed by atoms with Crippen LogP contribution >= 0.6 is 0 Å². The fourth-order valence-corrected chi connectivity index (χ4v) is 2.66. The molecular formula is C23H22N2O3. The number of nitrogens with one attached hydrogen (secondary N) is 2. The molecule has 1 atom stereocenters. The Morgan fingerprint density at radius 3 is 2.21 bits per heavy atom. The average molecular weight is 374 g/mol. The Morgan fingerprint density at radius 1 is 0.821 bits per heavy atom. The minimum atomic E-state index is -0.674. The van der Waals surface area contributed by atoms with Crippen molar-refractivity contribution in [1.82, 2.24) is 0 Å². The van der Waals surface area contributed by atoms with Gasteiger partial charge in [-0.15, -0.1) is 0 Å². The molecule has 0 unspecified atom stereocenters. The predicted octanol–water partition coefficient (Wildman–Crippen LogP) is 4.65. The van der Waals surface area contributed by atoms with Crippen LogP contribution in [0.4, 0.5) is 11.4 Å². The van der Waals surface area contributed by atoms with Crippen molar-refractivity contribution in [2.45, 2.75) is 20.0 Å². The van der Waals surface area contributed by atoms with Crippen LogP contribution in [0, 0.1) is 6.92 Å². The molecule has 3 aromatic carbocycles. The number of hydrogen-bond acceptors (Lipinski definition) is 3. The molecule has 5 heteroatoms. The van der Waals surface area contributed by atoms with E-state index < -0.39 is 6.10 Å². The molecule has 0 spiro atoms. The second-order valence-corrected chi connectivity index (χ2v) is 6.47. The smallest absolute Gasteiger partial charge is 0.265 e. The van der Waals surface area contributed by atoms with Crippen LogP contribution in [-0.4, -0.2) is 17.9 Å². The van der Waals surface area contributed by atoms with Crippen molar-refractivity contribution in [3.05, 3.63) is 90.0 Å². The molecule has 3 aromatic rings. The second-order valence-electron chi connectivity index (χ2n) is 6.47. The lowest BCUT2D eigenvalue weighted by Gasteiger charge is -2.15. The summed E-state index contributed by atoms with van der Waals surface area (Å²) >= 11 is 0. The number of carbonyl (C=O) groups is 2. The van der Waals surface area contributed by atoms with Gasteiger partial charge >= 0.3 is 0 Å². The summed E-state index contributed by atoms with van der Waals surface area (Å²) in [6, 6.07) is 23.5. The van der Waals surface area contributed by atoms with E-state index in [1.807, 2.05) is 49.4 Å². The van der Waals surface area contributed by atoms with Gasteiger partial charge in [-0.3, -0.25) is 9.59 Å². The monoisotopic (exact) mass is 374 g/mol. The quantitative estimate of drug-likeness (QED) is 0.660. The summed E-state index contributed by atoms with van der Waals surface area (Å²) in [6.45, 7) is 3.64. The molecule has 2 amide bonds. The Hall–Kier alpha value is -3.60. The molecule has 0 bridgehead atoms. The number of ether oxygens (including phenoxy) is 1. The van der Waals surface area contributed by atoms with Gasteiger partial charge < -0.3 is 15.4 Å². The van der Waals surface area contributed by atoms with Gasteiger partial charge in [-0.05, 0) is 61.9 Å². The molecule has 0 aliphatic heterocycles. The summed E-state index contributed by atoms with van der Waals surface area (Å²) < 4.78 is 5.62. The molecule has 0 aliphatic rings. The third kappa shape index (κ3) is 5.20. The minimum absolute atomic E-state index is 0.240. The van der Waals surface area contributed by atoms with E-state index in [0.29, 0.717) is 17.0 Å². The van der Waals surface area contributed by atoms with Crippen LogP contribution in [-0.2, 0) is 4.79 Å². The van der Waals surface area contributed by atoms with E-state index in [-0.39, 0.29) is 11.8 Å². The van der Waals surface area contributed by atoms with Crippen molar-refractivity contribution >= 4 is 23.2 Å². The first-order valence-corrected chi connectivity index (χ1v) is 9.02. The van der Waals surface area contributed by atoms with Crippen LogP contribution in [0.3, 0.4) is 0 Å². The number of rotatable bonds is 6. The van der Waals surface area contributed by atoms with Gasteiger partial charge in [0.1, 0.15) is 5.75 Å². The summed E-state index contributed by atoms with van der Waals surface area (Å²) in [5, 5.41) is 5.64. The van der Waals surface area contributed by atoms with E-state index in [1.165, 1.54) is 0 Å². The van der Waals surface area contributed by atoms with E-state index in [2.05, 4.69) is 10.6 Å². The Labute approximate surface area is 164 Å². The van der Waals surface area contributed by atoms with Gasteiger partial charge in [-0.2, -0.15) is 0 Å². The van der Waals surface area contributed by atoms with Crippen molar-refractivity contribution in [3.8, 4) is 5.75 Å². The van der Waals surface area contributed by atoms with Gasteiger partial charge in [0.25, 0.3) is 11.8 Å². The number of hydrogen-bond donors (Lipinski definition) is 2. The Balaban J connectivity index is 1.64. The van der Waals surface area contributed by atoms with Gasteiger partial charge in [-0.25, -0.2) is 0 Å². The molecule has 0 fully saturated rings. The van der Waals surface area contributed by atoms with E-state index in [0.717, 1.165) is 11.3 Å². The maximum absolute atomic E-state index is 12.5. The molecule has 0 saturated heterocycles. The van der Waals surface area contributed by atoms with E-state index in [4.69, 9.17) is 4.74 Å². The van der Waals surface area contributed by atoms with Gasteiger partial charge in [0.15, 0.2) is 6.10 Å². The van der Waals surface area contributed by atoms with Gasteiger partial charge in [0, 0.05) is 16.9 Å². The Morgan fingerprint density at radius 2 is 1.50 bits per heavy atom. The largest absolute Gasteiger partial charge is 0.481 e. The zero-order valence-corrected chi connectivity index (χ0v) is 15.8. The number of amides is 2. The van der Waals surface area contributed by atoms with Crippen molar-refractivity contribution in [3.63, 3.8) is 0 Å². The molecule has 3 rings (SSSR count). The van der Waals surface area contributed by atoms with Crippen LogP contribution in [0.5, 0.6) is 5.75 Å². The SMILES string of the molecule is Cc1cccc(NC(=O)c2cccc(NC(=O)[C@@H](C)Oc3ccccc3)c2)c1. The number of anilines is 2. The molecule has 5 nitrogen and oxygen atoms in total. The number of benzene rings is 3. The van der Waals surface area contributed by atoms with Crippen LogP contribution in [0.25, 0.3) is 0 Å². The van der Waals surface area contributed by atoms with Gasteiger partial charge in [0.05, 0.1) is 0 Å². The average Bonchev–Trinajstić information content (AvgIpc) is 2.69. The number of aryl methyl sites for hydroxylation is 1. The third-order valence-corrected chi connectivity index (χ3v) is 4.09. The Bertz CT molecular complexity index is 970. The van der Waals surface area contributed by atoms with Gasteiger partial charge in [0.2, 0.25) is 0 Å². The normalized spacial score (nSPS) is 11.4. The lowest BCUT2D eigenvalue weighted by molar-refractivity contribution is -0.122. The van der Waals surface area contributed by atoms with Crippen molar-refractivity contribution in [2.75, 3.05) is 10.6 Å². The Kier molecular flexibility index (Phi) is 6.07. The lowest BCUT2D eigenvalue weighted by Crippen LogP contribution is -2.30. The zero-order chi connectivity index (χ0) is 19.9. The maximum atomic E-state index is 12.5. The minimum Gasteiger partial charge on any atom is -0.481 e. The molecule has 28 heavy (non-hydrogen) atoms. The number of carbonyl (C=O) groups excluding carboxylic acids is 2. The zero-order valence-electron chi connectivity index (χ0n) is 15.8. The van der Waals surface area contributed by atoms with Crippen molar-refractivity contribution in [1.29, 1.82) is 0 Å². The number of para-hydroxylation sites is 1. The molecule has 0 heterocycles. The van der Waals surface area contributed by atoms with Crippen LogP contribution in [0.1, 0.15) is 22.8 Å². The van der Waals surface area contributed by atoms with Crippen molar-refractivity contribution in [2.24, 2.45) is 0 Å². The predicted molar refractivity (Wildman–Crippen MR) is 111 cm³/mol. The molecule has 0 saturated carbocycles. The highest BCUT2D eigenvalue weighted by Crippen LogP contribution is 2.16. The first kappa shape index (κ1) is 19.2. The van der Waals surface area contributed by atoms with Crippen LogP contribution < -0.4 is 15.4 Å². The first-order chi connectivity index (χ1) is 13.5. The fraction of sp³-hybridized carbons (Fsp3) is 0.130. The molecule has 0 aromatic heterocycles. The summed E-state index contributed by atoms with van der Waals surface area (Å²) in [6.07, 6.45) is -0.674. The summed E-state index contributed by atoms with van der Waals surface area (Å²) in [7, 11) is 0. The lowest BCUT2D eigenvalue weighted by atomic mass is 10.1. The van der Waals surface area contributed by atoms with Crippen molar-refractivity contribution < 1.29 is 14.3 Å². The third-order valence-electron chi connectivity index (χ3n) is 4.09. The highest BCUT2D eigenvalue weighted by molar-refractivity contribution is 6.05. The molecule has 0 aliphatic carbocycles. The van der Waals surface area contributed by atoms with Crippen LogP contribution in [0.2, 0.25) is 0 Å². The van der Waals surface area contributed by atoms with Gasteiger partial charge in [-0.1, -0.05) is 36.4 Å². The van der Waals surface area contributed by atoms with E-state index in [9.17, 15) is 9.59 Å². The molecular weight excluding hydrogens is 352 g/mol. The summed E-state index contributed by atoms with van der Waals surface area (Å²) in [5.74, 6) is 0.0896. The van der Waals surface area contributed by atoms with Crippen LogP contribution in [0.15, 0.2) is 78.9 Å². The maximum Gasteiger partial charge on any atom is 0.265 e. The second kappa shape index (κ2) is 8.86. The standard InChI is InChI=1S/C23H22N2O3/c1-16-8-6-10-19(14-16)25-23(27)18-9-7-11-20(15-18)24-22(26)17(2)28-21-12-4-3-5-13-21/h3-15,17H,1-2H3,(H,24,26)(H,25,27)/t17-/m1/s1. The summed E-state index contributed by atoms with van der Waals surface area (Å²) in [5.41, 5.74) is 2.77. The molecule has 0 radical (unpaired) electrons. The highest BCUT2D eigenvalue weighted by Gasteiger charge is 2.15. The fourth-order valence-electron chi connectivity index (χ4n) is 2.66. The van der Waals surface area contributed by atoms with E-state index >= 15 is 0 Å². The highest BCUT2D eigenvalue weighted by atomic mass is 16.5. The molecule has 142 valence electrons. The topological polar surface area (TPSA) is 67.4 Å². The van der Waals surface area contributed by atoms with E-state index in [1.54, 1.807) is 43.3 Å². The summed E-state index contributed by atoms with van der Waals surface area (Å²) in [4.78, 5) is 24.9. The first-order valence-electron chi connectivity index (χ1n) is 9.02. The molecule has 2 N–H and O–H groups in total.